The Labute approximate surface area is 142 Å². The number of Topliss-reactive ketones (excluding diaryl/α,β-unsaturated/α-hetero) is 1. The molecule has 0 bridgehead atoms. The molecular formula is C19H23N3O2. The van der Waals surface area contributed by atoms with Gasteiger partial charge in [-0.2, -0.15) is 5.10 Å². The minimum Gasteiger partial charge on any atom is -0.348 e. The molecule has 1 aliphatic rings. The van der Waals surface area contributed by atoms with E-state index in [0.29, 0.717) is 12.1 Å². The zero-order valence-corrected chi connectivity index (χ0v) is 14.0. The molecule has 3 rings (SSSR count). The van der Waals surface area contributed by atoms with Gasteiger partial charge in [0, 0.05) is 25.2 Å². The molecule has 5 nitrogen and oxygen atoms in total. The van der Waals surface area contributed by atoms with Gasteiger partial charge in [-0.25, -0.2) is 0 Å². The van der Waals surface area contributed by atoms with E-state index in [9.17, 15) is 9.59 Å². The molecule has 0 aliphatic heterocycles. The van der Waals surface area contributed by atoms with E-state index in [1.165, 1.54) is 22.9 Å². The van der Waals surface area contributed by atoms with Crippen molar-refractivity contribution in [2.45, 2.75) is 37.5 Å². The third kappa shape index (κ3) is 3.40. The van der Waals surface area contributed by atoms with Crippen LogP contribution in [0, 0.1) is 0 Å². The molecule has 1 heterocycles. The van der Waals surface area contributed by atoms with E-state index in [-0.39, 0.29) is 5.41 Å². The average Bonchev–Trinajstić information content (AvgIpc) is 3.07. The minimum absolute atomic E-state index is 0.0651. The number of nitrogens with zero attached hydrogens (tertiary/aromatic N) is 2. The lowest BCUT2D eigenvalue weighted by atomic mass is 9.69. The summed E-state index contributed by atoms with van der Waals surface area (Å²) in [5.74, 6) is -1.08. The summed E-state index contributed by atoms with van der Waals surface area (Å²) in [7, 11) is 1.72. The van der Waals surface area contributed by atoms with Crippen molar-refractivity contribution in [1.82, 2.24) is 15.1 Å². The fraction of sp³-hybridized carbons (Fsp3) is 0.421. The monoisotopic (exact) mass is 325 g/mol. The highest BCUT2D eigenvalue weighted by Gasteiger charge is 2.34. The molecule has 0 atom stereocenters. The molecule has 1 aliphatic carbocycles. The van der Waals surface area contributed by atoms with Crippen LogP contribution in [-0.4, -0.2) is 28.0 Å². The Morgan fingerprint density at radius 3 is 2.50 bits per heavy atom. The number of rotatable bonds is 5. The zero-order valence-electron chi connectivity index (χ0n) is 14.0. The van der Waals surface area contributed by atoms with Gasteiger partial charge in [-0.3, -0.25) is 14.3 Å². The molecular weight excluding hydrogens is 302 g/mol. The van der Waals surface area contributed by atoms with Crippen LogP contribution < -0.4 is 5.32 Å². The van der Waals surface area contributed by atoms with Crippen molar-refractivity contribution in [3.05, 3.63) is 53.9 Å². The van der Waals surface area contributed by atoms with Crippen LogP contribution in [0.4, 0.5) is 0 Å². The normalized spacial score (nSPS) is 16.5. The third-order valence-electron chi connectivity index (χ3n) is 4.96. The number of aromatic nitrogens is 2. The first-order chi connectivity index (χ1) is 11.6. The van der Waals surface area contributed by atoms with Gasteiger partial charge in [-0.15, -0.1) is 0 Å². The summed E-state index contributed by atoms with van der Waals surface area (Å²) in [5.41, 5.74) is 1.51. The number of carbonyl (C=O) groups excluding carboxylic acids is 2. The molecule has 1 amide bonds. The van der Waals surface area contributed by atoms with Gasteiger partial charge in [-0.1, -0.05) is 49.6 Å². The van der Waals surface area contributed by atoms with Crippen LogP contribution in [-0.2, 0) is 17.3 Å². The Morgan fingerprint density at radius 2 is 1.88 bits per heavy atom. The number of hydrogen-bond acceptors (Lipinski definition) is 3. The second kappa shape index (κ2) is 6.99. The van der Waals surface area contributed by atoms with Crippen molar-refractivity contribution in [3.63, 3.8) is 0 Å². The number of carbonyl (C=O) groups is 2. The first kappa shape index (κ1) is 16.4. The van der Waals surface area contributed by atoms with Crippen LogP contribution in [0.3, 0.4) is 0 Å². The highest BCUT2D eigenvalue weighted by atomic mass is 16.2. The smallest absolute Gasteiger partial charge is 0.292 e. The summed E-state index contributed by atoms with van der Waals surface area (Å²) in [6, 6.07) is 10.3. The average molecular weight is 325 g/mol. The van der Waals surface area contributed by atoms with Crippen molar-refractivity contribution in [2.75, 3.05) is 6.54 Å². The maximum absolute atomic E-state index is 12.3. The van der Waals surface area contributed by atoms with E-state index in [4.69, 9.17) is 0 Å². The zero-order chi connectivity index (χ0) is 17.0. The maximum atomic E-state index is 12.3. The second-order valence-corrected chi connectivity index (χ2v) is 6.62. The summed E-state index contributed by atoms with van der Waals surface area (Å²) in [6.07, 6.45) is 8.61. The Morgan fingerprint density at radius 1 is 1.17 bits per heavy atom. The van der Waals surface area contributed by atoms with E-state index >= 15 is 0 Å². The molecule has 0 saturated heterocycles. The van der Waals surface area contributed by atoms with Gasteiger partial charge in [0.05, 0.1) is 11.8 Å². The number of amides is 1. The largest absolute Gasteiger partial charge is 0.348 e. The van der Waals surface area contributed by atoms with Crippen molar-refractivity contribution < 1.29 is 9.59 Å². The summed E-state index contributed by atoms with van der Waals surface area (Å²) in [6.45, 7) is 0.502. The van der Waals surface area contributed by atoms with Crippen molar-refractivity contribution in [3.8, 4) is 0 Å². The van der Waals surface area contributed by atoms with E-state index < -0.39 is 11.7 Å². The van der Waals surface area contributed by atoms with Crippen LogP contribution in [0.2, 0.25) is 0 Å². The van der Waals surface area contributed by atoms with Crippen LogP contribution in [0.5, 0.6) is 0 Å². The number of benzene rings is 1. The van der Waals surface area contributed by atoms with Crippen LogP contribution in [0.25, 0.3) is 0 Å². The molecule has 1 aromatic heterocycles. The molecule has 24 heavy (non-hydrogen) atoms. The summed E-state index contributed by atoms with van der Waals surface area (Å²) < 4.78 is 1.52. The van der Waals surface area contributed by atoms with Gasteiger partial charge in [-0.05, 0) is 18.4 Å². The minimum atomic E-state index is -0.552. The molecule has 5 heteroatoms. The molecule has 1 N–H and O–H groups in total. The first-order valence-electron chi connectivity index (χ1n) is 8.47. The van der Waals surface area contributed by atoms with Gasteiger partial charge in [0.1, 0.15) is 0 Å². The predicted octanol–water partition coefficient (Wildman–Crippen LogP) is 2.62. The second-order valence-electron chi connectivity index (χ2n) is 6.62. The van der Waals surface area contributed by atoms with E-state index in [1.54, 1.807) is 13.2 Å². The fourth-order valence-electron chi connectivity index (χ4n) is 3.59. The Kier molecular flexibility index (Phi) is 4.79. The lowest BCUT2D eigenvalue weighted by molar-refractivity contribution is -0.117. The molecule has 2 aromatic rings. The van der Waals surface area contributed by atoms with Gasteiger partial charge in [0.25, 0.3) is 11.7 Å². The molecule has 1 aromatic carbocycles. The molecule has 0 spiro atoms. The van der Waals surface area contributed by atoms with E-state index in [2.05, 4.69) is 22.5 Å². The molecule has 126 valence electrons. The van der Waals surface area contributed by atoms with E-state index in [0.717, 1.165) is 25.7 Å². The third-order valence-corrected chi connectivity index (χ3v) is 4.96. The van der Waals surface area contributed by atoms with Crippen LogP contribution in [0.1, 0.15) is 48.0 Å². The van der Waals surface area contributed by atoms with Gasteiger partial charge in [0.2, 0.25) is 0 Å². The van der Waals surface area contributed by atoms with Crippen LogP contribution >= 0.6 is 0 Å². The summed E-state index contributed by atoms with van der Waals surface area (Å²) in [4.78, 5) is 24.5. The Bertz CT molecular complexity index is 715. The van der Waals surface area contributed by atoms with Crippen molar-refractivity contribution in [2.24, 2.45) is 7.05 Å². The molecule has 1 saturated carbocycles. The highest BCUT2D eigenvalue weighted by molar-refractivity contribution is 6.42. The summed E-state index contributed by atoms with van der Waals surface area (Å²) in [5, 5.41) is 6.82. The van der Waals surface area contributed by atoms with Gasteiger partial charge >= 0.3 is 0 Å². The molecule has 0 unspecified atom stereocenters. The number of nitrogens with one attached hydrogen (secondary N) is 1. The van der Waals surface area contributed by atoms with Crippen molar-refractivity contribution in [1.29, 1.82) is 0 Å². The number of hydrogen-bond donors (Lipinski definition) is 1. The molecule has 1 fully saturated rings. The quantitative estimate of drug-likeness (QED) is 0.679. The Hall–Kier alpha value is -2.43. The Balaban J connectivity index is 1.72. The number of aryl methyl sites for hydroxylation is 1. The SMILES string of the molecule is Cn1cc(C(=O)C(=O)NCC2(c3ccccc3)CCCCC2)cn1. The first-order valence-corrected chi connectivity index (χ1v) is 8.47. The van der Waals surface area contributed by atoms with Gasteiger partial charge in [0.15, 0.2) is 0 Å². The lowest BCUT2D eigenvalue weighted by Crippen LogP contribution is -2.44. The maximum Gasteiger partial charge on any atom is 0.292 e. The summed E-state index contributed by atoms with van der Waals surface area (Å²) >= 11 is 0. The highest BCUT2D eigenvalue weighted by Crippen LogP contribution is 2.38. The lowest BCUT2D eigenvalue weighted by Gasteiger charge is -2.38. The van der Waals surface area contributed by atoms with Crippen molar-refractivity contribution >= 4 is 11.7 Å². The fourth-order valence-corrected chi connectivity index (χ4v) is 3.59. The van der Waals surface area contributed by atoms with Gasteiger partial charge < -0.3 is 5.32 Å². The topological polar surface area (TPSA) is 64.0 Å². The molecule has 0 radical (unpaired) electrons. The van der Waals surface area contributed by atoms with Crippen LogP contribution in [0.15, 0.2) is 42.7 Å². The standard InChI is InChI=1S/C19H23N3O2/c1-22-13-15(12-21-22)17(23)18(24)20-14-19(10-6-3-7-11-19)16-8-4-2-5-9-16/h2,4-5,8-9,12-13H,3,6-7,10-11,14H2,1H3,(H,20,24). The number of ketones is 1. The predicted molar refractivity (Wildman–Crippen MR) is 91.8 cm³/mol. The van der Waals surface area contributed by atoms with E-state index in [1.807, 2.05) is 18.2 Å².